The summed E-state index contributed by atoms with van der Waals surface area (Å²) in [7, 11) is 0. The molecule has 0 fully saturated rings. The number of nitrogens with zero attached hydrogens (tertiary/aromatic N) is 3. The second-order valence-electron chi connectivity index (χ2n) is 17.7. The van der Waals surface area contributed by atoms with Crippen LogP contribution in [0.1, 0.15) is 44.5 Å². The largest absolute Gasteiger partial charge is 0.208 e. The van der Waals surface area contributed by atoms with Gasteiger partial charge in [0.25, 0.3) is 0 Å². The van der Waals surface area contributed by atoms with E-state index >= 15 is 0 Å². The number of fused-ring (bicyclic) bond motifs is 17. The van der Waals surface area contributed by atoms with E-state index in [-0.39, 0.29) is 0 Å². The normalized spacial score (nSPS) is 14.0. The number of benzene rings is 10. The van der Waals surface area contributed by atoms with Crippen LogP contribution in [0, 0.1) is 0 Å². The molecule has 0 saturated carbocycles. The molecular formula is C63H39N3. The first-order valence-electron chi connectivity index (χ1n) is 22.8. The van der Waals surface area contributed by atoms with E-state index in [9.17, 15) is 0 Å². The molecule has 3 aliphatic carbocycles. The van der Waals surface area contributed by atoms with Crippen molar-refractivity contribution in [2.45, 2.75) is 10.8 Å². The van der Waals surface area contributed by atoms with Crippen molar-refractivity contribution in [2.24, 2.45) is 0 Å². The van der Waals surface area contributed by atoms with Gasteiger partial charge in [0.05, 0.1) is 10.8 Å². The summed E-state index contributed by atoms with van der Waals surface area (Å²) in [5, 5.41) is 2.23. The molecule has 0 bridgehead atoms. The Morgan fingerprint density at radius 3 is 1.03 bits per heavy atom. The van der Waals surface area contributed by atoms with E-state index in [2.05, 4.69) is 200 Å². The van der Waals surface area contributed by atoms with E-state index in [0.717, 1.165) is 33.0 Å². The van der Waals surface area contributed by atoms with Gasteiger partial charge in [-0.15, -0.1) is 0 Å². The van der Waals surface area contributed by atoms with Crippen molar-refractivity contribution in [3.05, 3.63) is 281 Å². The molecule has 3 heteroatoms. The van der Waals surface area contributed by atoms with Crippen molar-refractivity contribution >= 4 is 10.8 Å². The Balaban J connectivity index is 1.01. The minimum Gasteiger partial charge on any atom is -0.208 e. The molecule has 0 unspecified atom stereocenters. The van der Waals surface area contributed by atoms with Crippen molar-refractivity contribution in [3.63, 3.8) is 0 Å². The highest BCUT2D eigenvalue weighted by Crippen LogP contribution is 2.67. The first-order chi connectivity index (χ1) is 32.7. The predicted octanol–water partition coefficient (Wildman–Crippen LogP) is 14.7. The van der Waals surface area contributed by atoms with Crippen molar-refractivity contribution in [1.29, 1.82) is 0 Å². The number of rotatable bonds is 4. The molecule has 1 aromatic heterocycles. The van der Waals surface area contributed by atoms with Crippen LogP contribution in [0.5, 0.6) is 0 Å². The van der Waals surface area contributed by atoms with Gasteiger partial charge >= 0.3 is 0 Å². The maximum Gasteiger partial charge on any atom is 0.164 e. The highest BCUT2D eigenvalue weighted by molar-refractivity contribution is 6.05. The fourth-order valence-electron chi connectivity index (χ4n) is 12.1. The molecule has 0 N–H and O–H groups in total. The topological polar surface area (TPSA) is 38.7 Å². The fraction of sp³-hybridized carbons (Fsp3) is 0.0317. The SMILES string of the molecule is c1ccc(-c2nc(-c3ccccc3)nc(-c3ccc(-c4ccc5c(c4)C4(c6ccccc6-5)c5ccccc5C5(c6ccccc6-c6ccccc65)c5ccccc54)c4ccccc34)n2)cc1. The number of aromatic nitrogens is 3. The number of hydrogen-bond donors (Lipinski definition) is 0. The van der Waals surface area contributed by atoms with E-state index in [1.807, 2.05) is 36.4 Å². The van der Waals surface area contributed by atoms with Crippen molar-refractivity contribution in [3.8, 4) is 67.5 Å². The fourth-order valence-corrected chi connectivity index (χ4v) is 12.1. The molecule has 0 atom stereocenters. The van der Waals surface area contributed by atoms with Gasteiger partial charge in [-0.3, -0.25) is 0 Å². The summed E-state index contributed by atoms with van der Waals surface area (Å²) in [6.07, 6.45) is 0. The summed E-state index contributed by atoms with van der Waals surface area (Å²) < 4.78 is 0. The highest BCUT2D eigenvalue weighted by atomic mass is 15.0. The summed E-state index contributed by atoms with van der Waals surface area (Å²) >= 11 is 0. The van der Waals surface area contributed by atoms with Crippen LogP contribution in [-0.4, -0.2) is 15.0 Å². The molecular weight excluding hydrogens is 799 g/mol. The molecule has 2 spiro atoms. The van der Waals surface area contributed by atoms with E-state index in [0.29, 0.717) is 17.5 Å². The Bertz CT molecular complexity index is 3620. The lowest BCUT2D eigenvalue weighted by Crippen LogP contribution is -2.43. The summed E-state index contributed by atoms with van der Waals surface area (Å²) in [5.74, 6) is 1.94. The molecule has 3 aliphatic rings. The Hall–Kier alpha value is -8.53. The molecule has 3 nitrogen and oxygen atoms in total. The third-order valence-corrected chi connectivity index (χ3v) is 14.6. The van der Waals surface area contributed by atoms with Crippen LogP contribution in [0.4, 0.5) is 0 Å². The van der Waals surface area contributed by atoms with Gasteiger partial charge in [0.15, 0.2) is 17.5 Å². The lowest BCUT2D eigenvalue weighted by atomic mass is 9.52. The molecule has 0 saturated heterocycles. The lowest BCUT2D eigenvalue weighted by Gasteiger charge is -2.48. The van der Waals surface area contributed by atoms with Crippen molar-refractivity contribution in [1.82, 2.24) is 15.0 Å². The molecule has 14 rings (SSSR count). The van der Waals surface area contributed by atoms with Gasteiger partial charge in [-0.2, -0.15) is 0 Å². The summed E-state index contributed by atoms with van der Waals surface area (Å²) in [4.78, 5) is 15.3. The maximum atomic E-state index is 5.16. The summed E-state index contributed by atoms with van der Waals surface area (Å²) in [6, 6.07) is 86.7. The van der Waals surface area contributed by atoms with Crippen LogP contribution in [0.25, 0.3) is 78.3 Å². The van der Waals surface area contributed by atoms with Crippen LogP contribution in [0.2, 0.25) is 0 Å². The Labute approximate surface area is 383 Å². The van der Waals surface area contributed by atoms with Crippen LogP contribution in [-0.2, 0) is 10.8 Å². The van der Waals surface area contributed by atoms with Gasteiger partial charge in [0.2, 0.25) is 0 Å². The first-order valence-corrected chi connectivity index (χ1v) is 22.8. The quantitative estimate of drug-likeness (QED) is 0.177. The third kappa shape index (κ3) is 4.89. The molecule has 66 heavy (non-hydrogen) atoms. The van der Waals surface area contributed by atoms with E-state index in [4.69, 9.17) is 15.0 Å². The van der Waals surface area contributed by atoms with E-state index in [1.165, 1.54) is 72.3 Å². The zero-order valence-corrected chi connectivity index (χ0v) is 35.9. The predicted molar refractivity (Wildman–Crippen MR) is 267 cm³/mol. The smallest absolute Gasteiger partial charge is 0.164 e. The molecule has 0 aliphatic heterocycles. The zero-order valence-electron chi connectivity index (χ0n) is 35.9. The molecule has 1 heterocycles. The second kappa shape index (κ2) is 14.0. The summed E-state index contributed by atoms with van der Waals surface area (Å²) in [6.45, 7) is 0. The Morgan fingerprint density at radius 2 is 0.545 bits per heavy atom. The van der Waals surface area contributed by atoms with Crippen LogP contribution >= 0.6 is 0 Å². The van der Waals surface area contributed by atoms with Crippen LogP contribution < -0.4 is 0 Å². The van der Waals surface area contributed by atoms with Crippen molar-refractivity contribution in [2.75, 3.05) is 0 Å². The van der Waals surface area contributed by atoms with Crippen LogP contribution in [0.3, 0.4) is 0 Å². The zero-order chi connectivity index (χ0) is 43.4. The van der Waals surface area contributed by atoms with Crippen LogP contribution in [0.15, 0.2) is 237 Å². The second-order valence-corrected chi connectivity index (χ2v) is 17.7. The van der Waals surface area contributed by atoms with Gasteiger partial charge in [-0.05, 0) is 101 Å². The van der Waals surface area contributed by atoms with Crippen molar-refractivity contribution < 1.29 is 0 Å². The van der Waals surface area contributed by atoms with Gasteiger partial charge in [-0.1, -0.05) is 224 Å². The molecule has 11 aromatic rings. The van der Waals surface area contributed by atoms with Gasteiger partial charge in [0, 0.05) is 16.7 Å². The molecule has 0 amide bonds. The minimum absolute atomic E-state index is 0.483. The molecule has 10 aromatic carbocycles. The van der Waals surface area contributed by atoms with E-state index in [1.54, 1.807) is 0 Å². The van der Waals surface area contributed by atoms with Gasteiger partial charge < -0.3 is 0 Å². The third-order valence-electron chi connectivity index (χ3n) is 14.6. The standard InChI is InChI=1S/C63H39N3/c1-3-19-40(20-4-1)59-64-60(41-21-5-2-6-22-41)66-61(65-59)50-38-37-43(44-23-7-8-24-45(44)50)42-35-36-49-48-27-11-14-30-53(48)63(58(49)39-42)56-33-17-15-31-54(56)62(55-32-16-18-34-57(55)63)51-28-12-9-25-46(51)47-26-10-13-29-52(47)62/h1-39H. The average Bonchev–Trinajstić information content (AvgIpc) is 3.86. The van der Waals surface area contributed by atoms with Gasteiger partial charge in [-0.25, -0.2) is 15.0 Å². The lowest BCUT2D eigenvalue weighted by molar-refractivity contribution is 0.633. The average molecular weight is 838 g/mol. The maximum absolute atomic E-state index is 5.16. The Morgan fingerprint density at radius 1 is 0.212 bits per heavy atom. The minimum atomic E-state index is -0.574. The summed E-state index contributed by atoms with van der Waals surface area (Å²) in [5.41, 5.74) is 20.0. The molecule has 306 valence electrons. The van der Waals surface area contributed by atoms with Gasteiger partial charge in [0.1, 0.15) is 0 Å². The first kappa shape index (κ1) is 36.9. The molecule has 0 radical (unpaired) electrons. The monoisotopic (exact) mass is 837 g/mol. The highest BCUT2D eigenvalue weighted by Gasteiger charge is 2.58. The number of hydrogen-bond acceptors (Lipinski definition) is 3. The Kier molecular flexibility index (Phi) is 7.82. The van der Waals surface area contributed by atoms with E-state index < -0.39 is 10.8 Å².